The fourth-order valence-electron chi connectivity index (χ4n) is 1.83. The van der Waals surface area contributed by atoms with Crippen molar-refractivity contribution in [3.8, 4) is 0 Å². The minimum Gasteiger partial charge on any atom is -0.337 e. The Bertz CT molecular complexity index is 744. The van der Waals surface area contributed by atoms with Crippen LogP contribution >= 0.6 is 23.2 Å². The van der Waals surface area contributed by atoms with Crippen molar-refractivity contribution < 1.29 is 8.42 Å². The summed E-state index contributed by atoms with van der Waals surface area (Å²) in [5.74, 6) is 0.818. The van der Waals surface area contributed by atoms with E-state index in [9.17, 15) is 8.42 Å². The van der Waals surface area contributed by atoms with Crippen molar-refractivity contribution in [2.75, 3.05) is 7.05 Å². The van der Waals surface area contributed by atoms with E-state index in [2.05, 4.69) is 4.98 Å². The highest BCUT2D eigenvalue weighted by molar-refractivity contribution is 7.89. The first-order valence-electron chi connectivity index (χ1n) is 6.13. The van der Waals surface area contributed by atoms with Crippen molar-refractivity contribution in [1.82, 2.24) is 13.9 Å². The number of halogens is 2. The molecule has 0 aliphatic rings. The van der Waals surface area contributed by atoms with Gasteiger partial charge in [-0.2, -0.15) is 4.31 Å². The fraction of sp³-hybridized carbons (Fsp3) is 0.308. The molecule has 1 aromatic heterocycles. The second-order valence-corrected chi connectivity index (χ2v) is 7.32. The van der Waals surface area contributed by atoms with Gasteiger partial charge in [-0.15, -0.1) is 11.6 Å². The summed E-state index contributed by atoms with van der Waals surface area (Å²) in [5, 5.41) is 0.454. The van der Waals surface area contributed by atoms with Gasteiger partial charge in [0.15, 0.2) is 0 Å². The lowest BCUT2D eigenvalue weighted by molar-refractivity contribution is 0.451. The Balaban J connectivity index is 2.31. The minimum atomic E-state index is -3.62. The van der Waals surface area contributed by atoms with Gasteiger partial charge in [-0.25, -0.2) is 13.4 Å². The van der Waals surface area contributed by atoms with Crippen LogP contribution in [0.4, 0.5) is 0 Å². The molecule has 2 rings (SSSR count). The summed E-state index contributed by atoms with van der Waals surface area (Å²) < 4.78 is 28.1. The zero-order valence-electron chi connectivity index (χ0n) is 11.6. The van der Waals surface area contributed by atoms with Crippen LogP contribution in [0.5, 0.6) is 0 Å². The third-order valence-corrected chi connectivity index (χ3v) is 5.61. The topological polar surface area (TPSA) is 55.2 Å². The monoisotopic (exact) mass is 347 g/mol. The highest BCUT2D eigenvalue weighted by Crippen LogP contribution is 2.24. The summed E-state index contributed by atoms with van der Waals surface area (Å²) in [7, 11) is -0.289. The molecule has 0 bridgehead atoms. The van der Waals surface area contributed by atoms with E-state index in [0.717, 1.165) is 0 Å². The van der Waals surface area contributed by atoms with Gasteiger partial charge in [0, 0.05) is 37.4 Å². The lowest BCUT2D eigenvalue weighted by Gasteiger charge is -2.17. The SMILES string of the molecule is CN(Cc1nccn1C)S(=O)(=O)c1ccc(Cl)c(CCl)c1. The van der Waals surface area contributed by atoms with E-state index in [1.165, 1.54) is 23.5 Å². The average molecular weight is 348 g/mol. The summed E-state index contributed by atoms with van der Waals surface area (Å²) in [6.07, 6.45) is 3.40. The zero-order valence-corrected chi connectivity index (χ0v) is 14.0. The second-order valence-electron chi connectivity index (χ2n) is 4.60. The van der Waals surface area contributed by atoms with Gasteiger partial charge in [0.05, 0.1) is 11.4 Å². The Hall–Kier alpha value is -1.08. The van der Waals surface area contributed by atoms with Crippen LogP contribution in [0.2, 0.25) is 5.02 Å². The van der Waals surface area contributed by atoms with Crippen molar-refractivity contribution in [2.24, 2.45) is 7.05 Å². The van der Waals surface area contributed by atoms with Gasteiger partial charge in [0.2, 0.25) is 10.0 Å². The third-order valence-electron chi connectivity index (χ3n) is 3.15. The molecule has 0 unspecified atom stereocenters. The number of benzene rings is 1. The maximum atomic E-state index is 12.6. The molecule has 1 aromatic carbocycles. The second kappa shape index (κ2) is 6.36. The fourth-order valence-corrected chi connectivity index (χ4v) is 3.48. The van der Waals surface area contributed by atoms with Crippen molar-refractivity contribution >= 4 is 33.2 Å². The molecule has 0 aliphatic carbocycles. The van der Waals surface area contributed by atoms with E-state index in [4.69, 9.17) is 23.2 Å². The summed E-state index contributed by atoms with van der Waals surface area (Å²) in [6, 6.07) is 4.52. The molecule has 0 saturated heterocycles. The van der Waals surface area contributed by atoms with E-state index in [1.807, 2.05) is 7.05 Å². The van der Waals surface area contributed by atoms with Gasteiger partial charge in [0.25, 0.3) is 0 Å². The minimum absolute atomic E-state index is 0.158. The van der Waals surface area contributed by atoms with Crippen molar-refractivity contribution in [1.29, 1.82) is 0 Å². The van der Waals surface area contributed by atoms with E-state index < -0.39 is 10.0 Å². The first-order valence-corrected chi connectivity index (χ1v) is 8.48. The van der Waals surface area contributed by atoms with Crippen LogP contribution in [0.25, 0.3) is 0 Å². The Morgan fingerprint density at radius 1 is 1.38 bits per heavy atom. The molecule has 0 atom stereocenters. The molecule has 0 radical (unpaired) electrons. The maximum Gasteiger partial charge on any atom is 0.243 e. The number of aromatic nitrogens is 2. The number of hydrogen-bond donors (Lipinski definition) is 0. The molecular weight excluding hydrogens is 333 g/mol. The normalized spacial score (nSPS) is 12.0. The number of sulfonamides is 1. The first-order chi connectivity index (χ1) is 9.86. The highest BCUT2D eigenvalue weighted by atomic mass is 35.5. The lowest BCUT2D eigenvalue weighted by Crippen LogP contribution is -2.27. The quantitative estimate of drug-likeness (QED) is 0.781. The predicted octanol–water partition coefficient (Wildman–Crippen LogP) is 2.63. The maximum absolute atomic E-state index is 12.6. The summed E-state index contributed by atoms with van der Waals surface area (Å²) in [5.41, 5.74) is 0.588. The molecule has 0 spiro atoms. The molecule has 0 aliphatic heterocycles. The van der Waals surface area contributed by atoms with Crippen LogP contribution in [0.15, 0.2) is 35.5 Å². The van der Waals surface area contributed by atoms with Crippen LogP contribution in [0.3, 0.4) is 0 Å². The molecule has 0 saturated carbocycles. The lowest BCUT2D eigenvalue weighted by atomic mass is 10.2. The molecule has 0 fully saturated rings. The average Bonchev–Trinajstić information content (AvgIpc) is 2.84. The molecular formula is C13H15Cl2N3O2S. The van der Waals surface area contributed by atoms with Gasteiger partial charge in [-0.05, 0) is 23.8 Å². The van der Waals surface area contributed by atoms with E-state index in [1.54, 1.807) is 23.0 Å². The van der Waals surface area contributed by atoms with Crippen molar-refractivity contribution in [2.45, 2.75) is 17.3 Å². The van der Waals surface area contributed by atoms with Crippen LogP contribution < -0.4 is 0 Å². The molecule has 21 heavy (non-hydrogen) atoms. The van der Waals surface area contributed by atoms with Crippen LogP contribution in [-0.4, -0.2) is 29.3 Å². The number of alkyl halides is 1. The summed E-state index contributed by atoms with van der Waals surface area (Å²) in [6.45, 7) is 0.185. The predicted molar refractivity (Wildman–Crippen MR) is 82.9 cm³/mol. The number of nitrogens with zero attached hydrogens (tertiary/aromatic N) is 3. The molecule has 2 aromatic rings. The van der Waals surface area contributed by atoms with Gasteiger partial charge < -0.3 is 4.57 Å². The largest absolute Gasteiger partial charge is 0.337 e. The van der Waals surface area contributed by atoms with E-state index in [0.29, 0.717) is 16.4 Å². The number of imidazole rings is 1. The standard InChI is InChI=1S/C13H15Cl2N3O2S/c1-17-6-5-16-13(17)9-18(2)21(19,20)11-3-4-12(15)10(7-11)8-14/h3-7H,8-9H2,1-2H3. The highest BCUT2D eigenvalue weighted by Gasteiger charge is 2.23. The van der Waals surface area contributed by atoms with Gasteiger partial charge in [-0.1, -0.05) is 11.6 Å². The van der Waals surface area contributed by atoms with Crippen LogP contribution in [0, 0.1) is 0 Å². The van der Waals surface area contributed by atoms with Crippen molar-refractivity contribution in [3.05, 3.63) is 47.0 Å². The smallest absolute Gasteiger partial charge is 0.243 e. The Morgan fingerprint density at radius 3 is 2.67 bits per heavy atom. The Kier molecular flexibility index (Phi) is 4.93. The molecule has 114 valence electrons. The Labute approximate surface area is 134 Å². The van der Waals surface area contributed by atoms with E-state index >= 15 is 0 Å². The molecule has 1 heterocycles. The number of aryl methyl sites for hydroxylation is 1. The molecule has 0 amide bonds. The van der Waals surface area contributed by atoms with Gasteiger partial charge in [-0.3, -0.25) is 0 Å². The summed E-state index contributed by atoms with van der Waals surface area (Å²) >= 11 is 11.7. The van der Waals surface area contributed by atoms with E-state index in [-0.39, 0.29) is 17.3 Å². The van der Waals surface area contributed by atoms with Crippen LogP contribution in [-0.2, 0) is 29.5 Å². The first kappa shape index (κ1) is 16.3. The number of rotatable bonds is 5. The Morgan fingerprint density at radius 2 is 2.10 bits per heavy atom. The number of hydrogen-bond acceptors (Lipinski definition) is 3. The van der Waals surface area contributed by atoms with Crippen molar-refractivity contribution in [3.63, 3.8) is 0 Å². The van der Waals surface area contributed by atoms with Gasteiger partial charge in [0.1, 0.15) is 5.82 Å². The van der Waals surface area contributed by atoms with Crippen LogP contribution in [0.1, 0.15) is 11.4 Å². The zero-order chi connectivity index (χ0) is 15.6. The third kappa shape index (κ3) is 3.40. The van der Waals surface area contributed by atoms with Gasteiger partial charge >= 0.3 is 0 Å². The molecule has 0 N–H and O–H groups in total. The molecule has 8 heteroatoms. The molecule has 5 nitrogen and oxygen atoms in total. The summed E-state index contributed by atoms with van der Waals surface area (Å²) in [4.78, 5) is 4.29.